The Morgan fingerprint density at radius 2 is 2.07 bits per heavy atom. The summed E-state index contributed by atoms with van der Waals surface area (Å²) in [5.41, 5.74) is 4.08. The molecule has 0 aromatic heterocycles. The van der Waals surface area contributed by atoms with Gasteiger partial charge in [-0.1, -0.05) is 19.1 Å². The fourth-order valence-electron chi connectivity index (χ4n) is 1.62. The number of hydrogen-bond acceptors (Lipinski definition) is 2. The molecule has 1 aliphatic heterocycles. The minimum Gasteiger partial charge on any atom is -0.273 e. The van der Waals surface area contributed by atoms with Crippen LogP contribution in [0.1, 0.15) is 18.9 Å². The topological polar surface area (TPSA) is 41.5 Å². The maximum atomic E-state index is 12.7. The average molecular weight is 206 g/mol. The highest BCUT2D eigenvalue weighted by Crippen LogP contribution is 2.16. The van der Waals surface area contributed by atoms with Crippen LogP contribution in [0.2, 0.25) is 0 Å². The quantitative estimate of drug-likeness (QED) is 0.746. The fraction of sp³-hybridized carbons (Fsp3) is 0.273. The lowest BCUT2D eigenvalue weighted by Crippen LogP contribution is -2.31. The molecule has 15 heavy (non-hydrogen) atoms. The van der Waals surface area contributed by atoms with Gasteiger partial charge < -0.3 is 0 Å². The van der Waals surface area contributed by atoms with E-state index >= 15 is 0 Å². The van der Waals surface area contributed by atoms with Crippen LogP contribution in [0.15, 0.2) is 29.4 Å². The number of benzene rings is 1. The van der Waals surface area contributed by atoms with Gasteiger partial charge in [-0.05, 0) is 17.7 Å². The predicted molar refractivity (Wildman–Crippen MR) is 54.9 cm³/mol. The molecule has 1 aromatic rings. The number of carbonyl (C=O) groups is 1. The van der Waals surface area contributed by atoms with Gasteiger partial charge in [-0.3, -0.25) is 4.79 Å². The van der Waals surface area contributed by atoms with Crippen LogP contribution in [0.3, 0.4) is 0 Å². The molecule has 1 aliphatic rings. The molecule has 0 spiro atoms. The smallest absolute Gasteiger partial charge is 0.240 e. The number of nitrogens with zero attached hydrogens (tertiary/aromatic N) is 1. The molecule has 1 atom stereocenters. The molecule has 78 valence electrons. The predicted octanol–water partition coefficient (Wildman–Crippen LogP) is 1.69. The van der Waals surface area contributed by atoms with Crippen LogP contribution in [0.25, 0.3) is 0 Å². The highest BCUT2D eigenvalue weighted by Gasteiger charge is 2.21. The van der Waals surface area contributed by atoms with E-state index in [4.69, 9.17) is 0 Å². The zero-order valence-electron chi connectivity index (χ0n) is 8.33. The summed E-state index contributed by atoms with van der Waals surface area (Å²) in [6.07, 6.45) is 0.427. The molecule has 2 rings (SSSR count). The van der Waals surface area contributed by atoms with Crippen LogP contribution in [0.4, 0.5) is 4.39 Å². The Bertz CT molecular complexity index is 411. The molecule has 1 aromatic carbocycles. The summed E-state index contributed by atoms with van der Waals surface area (Å²) in [6.45, 7) is 1.93. The first-order valence-corrected chi connectivity index (χ1v) is 4.79. The second-order valence-electron chi connectivity index (χ2n) is 3.64. The van der Waals surface area contributed by atoms with Crippen molar-refractivity contribution in [1.82, 2.24) is 5.43 Å². The number of amides is 1. The van der Waals surface area contributed by atoms with Crippen molar-refractivity contribution in [1.29, 1.82) is 0 Å². The Morgan fingerprint density at radius 1 is 1.40 bits per heavy atom. The SMILES string of the molecule is C[C@@H]1CC(=O)NN=C1c1ccc(F)cc1. The van der Waals surface area contributed by atoms with E-state index in [1.54, 1.807) is 12.1 Å². The summed E-state index contributed by atoms with van der Waals surface area (Å²) in [4.78, 5) is 11.0. The van der Waals surface area contributed by atoms with E-state index in [0.29, 0.717) is 6.42 Å². The van der Waals surface area contributed by atoms with Gasteiger partial charge in [-0.2, -0.15) is 5.10 Å². The fourth-order valence-corrected chi connectivity index (χ4v) is 1.62. The van der Waals surface area contributed by atoms with Crippen molar-refractivity contribution in [2.75, 3.05) is 0 Å². The molecule has 0 saturated heterocycles. The van der Waals surface area contributed by atoms with Crippen LogP contribution < -0.4 is 5.43 Å². The molecule has 0 bridgehead atoms. The molecule has 0 saturated carbocycles. The highest BCUT2D eigenvalue weighted by atomic mass is 19.1. The van der Waals surface area contributed by atoms with Crippen molar-refractivity contribution in [2.45, 2.75) is 13.3 Å². The highest BCUT2D eigenvalue weighted by molar-refractivity contribution is 6.05. The number of rotatable bonds is 1. The third-order valence-electron chi connectivity index (χ3n) is 2.40. The lowest BCUT2D eigenvalue weighted by molar-refractivity contribution is -0.121. The normalized spacial score (nSPS) is 20.8. The van der Waals surface area contributed by atoms with Gasteiger partial charge in [0.25, 0.3) is 0 Å². The van der Waals surface area contributed by atoms with Crippen molar-refractivity contribution >= 4 is 11.6 Å². The summed E-state index contributed by atoms with van der Waals surface area (Å²) in [6, 6.07) is 6.12. The molecule has 0 aliphatic carbocycles. The molecule has 4 heteroatoms. The average Bonchev–Trinajstić information content (AvgIpc) is 2.20. The van der Waals surface area contributed by atoms with E-state index in [2.05, 4.69) is 10.5 Å². The van der Waals surface area contributed by atoms with Crippen LogP contribution in [0.5, 0.6) is 0 Å². The van der Waals surface area contributed by atoms with E-state index in [1.807, 2.05) is 6.92 Å². The Labute approximate surface area is 87.0 Å². The van der Waals surface area contributed by atoms with Gasteiger partial charge >= 0.3 is 0 Å². The molecular weight excluding hydrogens is 195 g/mol. The number of nitrogens with one attached hydrogen (secondary N) is 1. The third kappa shape index (κ3) is 2.03. The molecule has 1 heterocycles. The number of hydrazone groups is 1. The van der Waals surface area contributed by atoms with Crippen molar-refractivity contribution in [3.8, 4) is 0 Å². The van der Waals surface area contributed by atoms with Gasteiger partial charge in [0.1, 0.15) is 5.82 Å². The van der Waals surface area contributed by atoms with Crippen LogP contribution in [-0.4, -0.2) is 11.6 Å². The first-order chi connectivity index (χ1) is 7.16. The standard InChI is InChI=1S/C11H11FN2O/c1-7-6-10(15)13-14-11(7)8-2-4-9(12)5-3-8/h2-5,7H,6H2,1H3,(H,13,15)/t7-/m1/s1. The van der Waals surface area contributed by atoms with E-state index in [1.165, 1.54) is 12.1 Å². The molecule has 3 nitrogen and oxygen atoms in total. The Morgan fingerprint density at radius 3 is 2.67 bits per heavy atom. The first kappa shape index (κ1) is 9.83. The van der Waals surface area contributed by atoms with Gasteiger partial charge in [0.2, 0.25) is 5.91 Å². The second-order valence-corrected chi connectivity index (χ2v) is 3.64. The number of halogens is 1. The minimum atomic E-state index is -0.271. The van der Waals surface area contributed by atoms with Crippen molar-refractivity contribution in [3.05, 3.63) is 35.6 Å². The largest absolute Gasteiger partial charge is 0.273 e. The minimum absolute atomic E-state index is 0.0733. The van der Waals surface area contributed by atoms with Crippen molar-refractivity contribution in [3.63, 3.8) is 0 Å². The molecule has 1 amide bonds. The summed E-state index contributed by atoms with van der Waals surface area (Å²) < 4.78 is 12.7. The lowest BCUT2D eigenvalue weighted by Gasteiger charge is -2.18. The lowest BCUT2D eigenvalue weighted by atomic mass is 9.94. The Kier molecular flexibility index (Phi) is 2.49. The summed E-state index contributed by atoms with van der Waals surface area (Å²) >= 11 is 0. The van der Waals surface area contributed by atoms with Crippen LogP contribution >= 0.6 is 0 Å². The second kappa shape index (κ2) is 3.81. The molecule has 0 fully saturated rings. The Balaban J connectivity index is 2.31. The van der Waals surface area contributed by atoms with Gasteiger partial charge in [0.05, 0.1) is 5.71 Å². The molecule has 1 N–H and O–H groups in total. The van der Waals surface area contributed by atoms with Crippen LogP contribution in [0, 0.1) is 11.7 Å². The third-order valence-corrected chi connectivity index (χ3v) is 2.40. The monoisotopic (exact) mass is 206 g/mol. The maximum absolute atomic E-state index is 12.7. The van der Waals surface area contributed by atoms with Gasteiger partial charge in [-0.15, -0.1) is 0 Å². The number of hydrogen-bond donors (Lipinski definition) is 1. The van der Waals surface area contributed by atoms with E-state index < -0.39 is 0 Å². The van der Waals surface area contributed by atoms with Gasteiger partial charge in [0.15, 0.2) is 0 Å². The van der Waals surface area contributed by atoms with E-state index in [-0.39, 0.29) is 17.6 Å². The zero-order valence-corrected chi connectivity index (χ0v) is 8.33. The van der Waals surface area contributed by atoms with E-state index in [0.717, 1.165) is 11.3 Å². The van der Waals surface area contributed by atoms with Crippen LogP contribution in [-0.2, 0) is 4.79 Å². The summed E-state index contributed by atoms with van der Waals surface area (Å²) in [5.74, 6) is -0.274. The Hall–Kier alpha value is -1.71. The van der Waals surface area contributed by atoms with Crippen molar-refractivity contribution < 1.29 is 9.18 Å². The van der Waals surface area contributed by atoms with Crippen molar-refractivity contribution in [2.24, 2.45) is 11.0 Å². The number of carbonyl (C=O) groups excluding carboxylic acids is 1. The molecule has 0 radical (unpaired) electrons. The maximum Gasteiger partial charge on any atom is 0.240 e. The van der Waals surface area contributed by atoms with Gasteiger partial charge in [-0.25, -0.2) is 9.82 Å². The first-order valence-electron chi connectivity index (χ1n) is 4.79. The zero-order chi connectivity index (χ0) is 10.8. The summed E-state index contributed by atoms with van der Waals surface area (Å²) in [7, 11) is 0. The summed E-state index contributed by atoms with van der Waals surface area (Å²) in [5, 5.41) is 3.99. The van der Waals surface area contributed by atoms with Gasteiger partial charge in [0, 0.05) is 12.3 Å². The molecular formula is C11H11FN2O. The molecule has 0 unspecified atom stereocenters. The van der Waals surface area contributed by atoms with E-state index in [9.17, 15) is 9.18 Å².